The van der Waals surface area contributed by atoms with Crippen LogP contribution in [-0.4, -0.2) is 21.7 Å². The Labute approximate surface area is 188 Å². The molecule has 5 rings (SSSR count). The van der Waals surface area contributed by atoms with Crippen molar-refractivity contribution in [2.75, 3.05) is 0 Å². The Morgan fingerprint density at radius 3 is 1.97 bits per heavy atom. The average Bonchev–Trinajstić information content (AvgIpc) is 3.26. The van der Waals surface area contributed by atoms with Gasteiger partial charge in [-0.25, -0.2) is 0 Å². The van der Waals surface area contributed by atoms with Crippen molar-refractivity contribution in [2.24, 2.45) is 0 Å². The summed E-state index contributed by atoms with van der Waals surface area (Å²) >= 11 is 12.1. The second kappa shape index (κ2) is 7.69. The molecular weight excluding hydrogens is 433 g/mol. The van der Waals surface area contributed by atoms with Crippen molar-refractivity contribution in [3.63, 3.8) is 0 Å². The fourth-order valence-corrected chi connectivity index (χ4v) is 4.10. The highest BCUT2D eigenvalue weighted by Crippen LogP contribution is 2.43. The minimum atomic E-state index is -0.310. The van der Waals surface area contributed by atoms with Crippen LogP contribution in [0.4, 0.5) is 0 Å². The average molecular weight is 448 g/mol. The van der Waals surface area contributed by atoms with E-state index in [0.717, 1.165) is 16.7 Å². The van der Waals surface area contributed by atoms with Gasteiger partial charge >= 0.3 is 0 Å². The van der Waals surface area contributed by atoms with Crippen molar-refractivity contribution in [1.82, 2.24) is 15.2 Å². The van der Waals surface area contributed by atoms with E-state index in [1.54, 1.807) is 53.7 Å². The number of halogens is 2. The number of nitrogens with one attached hydrogen (secondary N) is 1. The molecule has 31 heavy (non-hydrogen) atoms. The molecule has 0 spiro atoms. The van der Waals surface area contributed by atoms with Crippen molar-refractivity contribution < 1.29 is 9.59 Å². The summed E-state index contributed by atoms with van der Waals surface area (Å²) in [7, 11) is 0. The van der Waals surface area contributed by atoms with E-state index in [1.807, 2.05) is 24.3 Å². The van der Waals surface area contributed by atoms with Crippen LogP contribution in [0, 0.1) is 0 Å². The van der Waals surface area contributed by atoms with Crippen LogP contribution in [0.25, 0.3) is 11.4 Å². The molecule has 1 aromatic heterocycles. The Bertz CT molecular complexity index is 1260. The number of benzene rings is 2. The quantitative estimate of drug-likeness (QED) is 0.631. The van der Waals surface area contributed by atoms with Crippen molar-refractivity contribution in [3.8, 4) is 0 Å². The number of aromatic nitrogens is 1. The molecule has 0 saturated carbocycles. The molecule has 0 aliphatic carbocycles. The lowest BCUT2D eigenvalue weighted by atomic mass is 10.0. The second-order valence-corrected chi connectivity index (χ2v) is 8.06. The first kappa shape index (κ1) is 19.5. The Kier molecular flexibility index (Phi) is 4.85. The monoisotopic (exact) mass is 447 g/mol. The number of carbonyl (C=O) groups excluding carboxylic acids is 2. The summed E-state index contributed by atoms with van der Waals surface area (Å²) < 4.78 is 0. The molecule has 2 aliphatic rings. The largest absolute Gasteiger partial charge is 0.321 e. The summed E-state index contributed by atoms with van der Waals surface area (Å²) in [6, 6.07) is 17.8. The van der Waals surface area contributed by atoms with E-state index < -0.39 is 0 Å². The number of hydrogen-bond donors (Lipinski definition) is 1. The van der Waals surface area contributed by atoms with Crippen LogP contribution in [0.2, 0.25) is 10.0 Å². The number of fused-ring (bicyclic) bond motifs is 1. The lowest BCUT2D eigenvalue weighted by Gasteiger charge is -2.22. The van der Waals surface area contributed by atoms with Crippen LogP contribution in [0.15, 0.2) is 84.2 Å². The first-order chi connectivity index (χ1) is 15.0. The van der Waals surface area contributed by atoms with Gasteiger partial charge in [-0.2, -0.15) is 0 Å². The van der Waals surface area contributed by atoms with E-state index in [0.29, 0.717) is 39.1 Å². The molecule has 0 bridgehead atoms. The van der Waals surface area contributed by atoms with Crippen LogP contribution < -0.4 is 5.32 Å². The van der Waals surface area contributed by atoms with Gasteiger partial charge in [0.25, 0.3) is 11.8 Å². The van der Waals surface area contributed by atoms with Crippen LogP contribution in [-0.2, 0) is 16.1 Å². The Morgan fingerprint density at radius 1 is 0.774 bits per heavy atom. The molecule has 3 aromatic rings. The Balaban J connectivity index is 1.70. The van der Waals surface area contributed by atoms with Gasteiger partial charge in [0.2, 0.25) is 0 Å². The molecule has 152 valence electrons. The first-order valence-corrected chi connectivity index (χ1v) is 10.3. The summed E-state index contributed by atoms with van der Waals surface area (Å²) in [5.74, 6) is -0.546. The molecule has 7 heteroatoms. The molecule has 0 fully saturated rings. The van der Waals surface area contributed by atoms with Crippen LogP contribution in [0.5, 0.6) is 0 Å². The number of pyridine rings is 1. The molecule has 0 unspecified atom stereocenters. The topological polar surface area (TPSA) is 62.3 Å². The third kappa shape index (κ3) is 3.42. The third-order valence-electron chi connectivity index (χ3n) is 5.27. The van der Waals surface area contributed by atoms with Crippen molar-refractivity contribution in [3.05, 3.63) is 111 Å². The fourth-order valence-electron chi connectivity index (χ4n) is 3.85. The minimum Gasteiger partial charge on any atom is -0.321 e. The van der Waals surface area contributed by atoms with Crippen LogP contribution >= 0.6 is 23.2 Å². The van der Waals surface area contributed by atoms with Gasteiger partial charge in [0, 0.05) is 22.4 Å². The molecule has 5 nitrogen and oxygen atoms in total. The summed E-state index contributed by atoms with van der Waals surface area (Å²) in [6.07, 6.45) is 3.36. The third-order valence-corrected chi connectivity index (χ3v) is 5.78. The normalized spacial score (nSPS) is 15.6. The van der Waals surface area contributed by atoms with Gasteiger partial charge in [-0.1, -0.05) is 47.5 Å². The van der Waals surface area contributed by atoms with Gasteiger partial charge < -0.3 is 10.2 Å². The minimum absolute atomic E-state index is 0.236. The zero-order valence-corrected chi connectivity index (χ0v) is 17.6. The molecule has 0 radical (unpaired) electrons. The van der Waals surface area contributed by atoms with E-state index in [2.05, 4.69) is 10.3 Å². The van der Waals surface area contributed by atoms with Crippen LogP contribution in [0.1, 0.15) is 16.7 Å². The Morgan fingerprint density at radius 2 is 1.35 bits per heavy atom. The smallest absolute Gasteiger partial charge is 0.261 e. The van der Waals surface area contributed by atoms with Crippen molar-refractivity contribution in [1.29, 1.82) is 0 Å². The number of rotatable bonds is 4. The van der Waals surface area contributed by atoms with Crippen molar-refractivity contribution in [2.45, 2.75) is 6.54 Å². The maximum Gasteiger partial charge on any atom is 0.261 e. The number of hydrogen-bond acceptors (Lipinski definition) is 3. The SMILES string of the molecule is O=C1NC(c2ccc(Cl)cc2)=C2C(=O)N(Cc3ccncc3)C(c3ccc(Cl)cc3)=C12. The van der Waals surface area contributed by atoms with E-state index in [9.17, 15) is 9.59 Å². The van der Waals surface area contributed by atoms with Crippen LogP contribution in [0.3, 0.4) is 0 Å². The number of nitrogens with zero attached hydrogens (tertiary/aromatic N) is 2. The summed E-state index contributed by atoms with van der Waals surface area (Å²) in [4.78, 5) is 32.3. The molecule has 0 atom stereocenters. The first-order valence-electron chi connectivity index (χ1n) is 9.56. The number of amides is 2. The lowest BCUT2D eigenvalue weighted by Crippen LogP contribution is -2.27. The van der Waals surface area contributed by atoms with Gasteiger partial charge in [-0.15, -0.1) is 0 Å². The van der Waals surface area contributed by atoms with E-state index in [-0.39, 0.29) is 11.8 Å². The summed E-state index contributed by atoms with van der Waals surface area (Å²) in [5, 5.41) is 4.03. The molecule has 2 aliphatic heterocycles. The lowest BCUT2D eigenvalue weighted by molar-refractivity contribution is -0.123. The van der Waals surface area contributed by atoms with Gasteiger partial charge in [-0.05, 0) is 53.1 Å². The second-order valence-electron chi connectivity index (χ2n) is 7.19. The zero-order valence-electron chi connectivity index (χ0n) is 16.1. The van der Waals surface area contributed by atoms with Gasteiger partial charge in [-0.3, -0.25) is 14.6 Å². The number of carbonyl (C=O) groups is 2. The van der Waals surface area contributed by atoms with E-state index in [1.165, 1.54) is 0 Å². The van der Waals surface area contributed by atoms with Gasteiger partial charge in [0.15, 0.2) is 0 Å². The molecule has 2 aromatic carbocycles. The summed E-state index contributed by atoms with van der Waals surface area (Å²) in [6.45, 7) is 0.313. The highest BCUT2D eigenvalue weighted by molar-refractivity contribution is 6.32. The molecule has 1 N–H and O–H groups in total. The maximum atomic E-state index is 13.6. The zero-order chi connectivity index (χ0) is 21.5. The van der Waals surface area contributed by atoms with Gasteiger partial charge in [0.05, 0.1) is 29.1 Å². The maximum absolute atomic E-state index is 13.6. The predicted molar refractivity (Wildman–Crippen MR) is 120 cm³/mol. The standard InChI is InChI=1S/C24H15Cl2N3O2/c25-17-5-1-15(2-6-17)21-19-20(23(30)28-21)22(16-3-7-18(26)8-4-16)29(24(19)31)13-14-9-11-27-12-10-14/h1-12H,13H2,(H,28,30). The summed E-state index contributed by atoms with van der Waals surface area (Å²) in [5.41, 5.74) is 4.16. The highest BCUT2D eigenvalue weighted by Gasteiger charge is 2.45. The van der Waals surface area contributed by atoms with Crippen molar-refractivity contribution >= 4 is 46.4 Å². The van der Waals surface area contributed by atoms with E-state index in [4.69, 9.17) is 23.2 Å². The van der Waals surface area contributed by atoms with E-state index >= 15 is 0 Å². The molecule has 3 heterocycles. The van der Waals surface area contributed by atoms with Gasteiger partial charge in [0.1, 0.15) is 0 Å². The molecule has 0 saturated heterocycles. The molecule has 2 amide bonds. The predicted octanol–water partition coefficient (Wildman–Crippen LogP) is 4.68. The Hall–Kier alpha value is -3.41. The fraction of sp³-hybridized carbons (Fsp3) is 0.0417. The molecular formula is C24H15Cl2N3O2. The highest BCUT2D eigenvalue weighted by atomic mass is 35.5.